The summed E-state index contributed by atoms with van der Waals surface area (Å²) in [6.07, 6.45) is 1.99. The predicted octanol–water partition coefficient (Wildman–Crippen LogP) is 1.54. The number of nitrogens with zero attached hydrogens (tertiary/aromatic N) is 2. The van der Waals surface area contributed by atoms with Crippen molar-refractivity contribution >= 4 is 17.2 Å². The third-order valence-electron chi connectivity index (χ3n) is 2.40. The fourth-order valence-electron chi connectivity index (χ4n) is 1.54. The highest BCUT2D eigenvalue weighted by molar-refractivity contribution is 7.09. The van der Waals surface area contributed by atoms with E-state index in [9.17, 15) is 4.79 Å². The minimum absolute atomic E-state index is 0.0556. The van der Waals surface area contributed by atoms with E-state index in [0.29, 0.717) is 13.2 Å². The molecule has 0 saturated carbocycles. The van der Waals surface area contributed by atoms with Gasteiger partial charge in [-0.05, 0) is 12.1 Å². The molecule has 2 heterocycles. The van der Waals surface area contributed by atoms with Crippen LogP contribution >= 0.6 is 11.3 Å². The molecule has 0 saturated heterocycles. The van der Waals surface area contributed by atoms with Gasteiger partial charge < -0.3 is 10.1 Å². The molecule has 2 rings (SSSR count). The van der Waals surface area contributed by atoms with Gasteiger partial charge in [-0.3, -0.25) is 9.78 Å². The van der Waals surface area contributed by atoms with E-state index >= 15 is 0 Å². The van der Waals surface area contributed by atoms with Gasteiger partial charge in [0, 0.05) is 18.7 Å². The number of rotatable bonds is 6. The molecule has 0 aliphatic heterocycles. The number of carbonyl (C=O) groups excluding carboxylic acids is 1. The largest absolute Gasteiger partial charge is 0.378 e. The van der Waals surface area contributed by atoms with Crippen LogP contribution in [0.15, 0.2) is 29.8 Å². The molecule has 0 aliphatic rings. The Hall–Kier alpha value is -1.79. The molecule has 0 aromatic carbocycles. The van der Waals surface area contributed by atoms with Crippen LogP contribution in [0.3, 0.4) is 0 Å². The lowest BCUT2D eigenvalue weighted by Crippen LogP contribution is -2.25. The molecule has 0 fully saturated rings. The Kier molecular flexibility index (Phi) is 5.00. The summed E-state index contributed by atoms with van der Waals surface area (Å²) in [5.74, 6) is -0.0556. The normalized spacial score (nSPS) is 10.4. The molecule has 0 spiro atoms. The number of pyridine rings is 1. The van der Waals surface area contributed by atoms with Gasteiger partial charge in [-0.25, -0.2) is 4.98 Å². The Morgan fingerprint density at radius 3 is 3.05 bits per heavy atom. The first-order chi connectivity index (χ1) is 9.28. The molecule has 19 heavy (non-hydrogen) atoms. The van der Waals surface area contributed by atoms with E-state index < -0.39 is 0 Å². The number of thiazole rings is 1. The Morgan fingerprint density at radius 2 is 2.32 bits per heavy atom. The SMILES string of the molecule is COCc1nc(CC(=O)NCc2ccccn2)cs1. The van der Waals surface area contributed by atoms with Gasteiger partial charge in [-0.1, -0.05) is 6.07 Å². The maximum absolute atomic E-state index is 11.7. The lowest BCUT2D eigenvalue weighted by atomic mass is 10.3. The average molecular weight is 277 g/mol. The van der Waals surface area contributed by atoms with Crippen LogP contribution in [-0.4, -0.2) is 23.0 Å². The van der Waals surface area contributed by atoms with Crippen molar-refractivity contribution in [2.24, 2.45) is 0 Å². The number of methoxy groups -OCH3 is 1. The molecule has 0 radical (unpaired) electrons. The van der Waals surface area contributed by atoms with Crippen molar-refractivity contribution in [3.63, 3.8) is 0 Å². The van der Waals surface area contributed by atoms with Crippen LogP contribution in [0, 0.1) is 0 Å². The first-order valence-corrected chi connectivity index (χ1v) is 6.74. The number of carbonyl (C=O) groups is 1. The van der Waals surface area contributed by atoms with Crippen LogP contribution < -0.4 is 5.32 Å². The lowest BCUT2D eigenvalue weighted by Gasteiger charge is -2.03. The van der Waals surface area contributed by atoms with Crippen LogP contribution in [-0.2, 0) is 29.1 Å². The summed E-state index contributed by atoms with van der Waals surface area (Å²) in [5, 5.41) is 5.59. The van der Waals surface area contributed by atoms with Gasteiger partial charge in [0.2, 0.25) is 5.91 Å². The quantitative estimate of drug-likeness (QED) is 0.870. The van der Waals surface area contributed by atoms with E-state index in [2.05, 4.69) is 15.3 Å². The van der Waals surface area contributed by atoms with Gasteiger partial charge in [0.15, 0.2) is 0 Å². The highest BCUT2D eigenvalue weighted by Gasteiger charge is 2.07. The van der Waals surface area contributed by atoms with Crippen molar-refractivity contribution in [3.8, 4) is 0 Å². The fourth-order valence-corrected chi connectivity index (χ4v) is 2.30. The zero-order valence-corrected chi connectivity index (χ0v) is 11.4. The Morgan fingerprint density at radius 1 is 1.42 bits per heavy atom. The molecule has 2 aromatic rings. The lowest BCUT2D eigenvalue weighted by molar-refractivity contribution is -0.120. The van der Waals surface area contributed by atoms with E-state index in [4.69, 9.17) is 4.74 Å². The van der Waals surface area contributed by atoms with Crippen LogP contribution in [0.4, 0.5) is 0 Å². The summed E-state index contributed by atoms with van der Waals surface area (Å²) in [7, 11) is 1.63. The second-order valence-corrected chi connectivity index (χ2v) is 4.88. The Balaban J connectivity index is 1.80. The summed E-state index contributed by atoms with van der Waals surface area (Å²) in [6.45, 7) is 0.926. The summed E-state index contributed by atoms with van der Waals surface area (Å²) in [5.41, 5.74) is 1.62. The molecule has 1 N–H and O–H groups in total. The summed E-state index contributed by atoms with van der Waals surface area (Å²) in [4.78, 5) is 20.2. The minimum atomic E-state index is -0.0556. The van der Waals surface area contributed by atoms with Crippen LogP contribution in [0.2, 0.25) is 0 Å². The van der Waals surface area contributed by atoms with Crippen LogP contribution in [0.1, 0.15) is 16.4 Å². The number of aromatic nitrogens is 2. The van der Waals surface area contributed by atoms with Gasteiger partial charge in [0.25, 0.3) is 0 Å². The molecule has 5 nitrogen and oxygen atoms in total. The van der Waals surface area contributed by atoms with Crippen molar-refractivity contribution < 1.29 is 9.53 Å². The van der Waals surface area contributed by atoms with Crippen LogP contribution in [0.5, 0.6) is 0 Å². The van der Waals surface area contributed by atoms with Gasteiger partial charge in [0.1, 0.15) is 5.01 Å². The van der Waals surface area contributed by atoms with Gasteiger partial charge in [-0.15, -0.1) is 11.3 Å². The van der Waals surface area contributed by atoms with Gasteiger partial charge in [-0.2, -0.15) is 0 Å². The molecule has 100 valence electrons. The molecule has 0 bridgehead atoms. The number of ether oxygens (including phenoxy) is 1. The number of amides is 1. The molecule has 1 amide bonds. The Labute approximate surface area is 115 Å². The maximum atomic E-state index is 11.7. The van der Waals surface area contributed by atoms with E-state index in [0.717, 1.165) is 16.4 Å². The smallest absolute Gasteiger partial charge is 0.226 e. The van der Waals surface area contributed by atoms with Gasteiger partial charge >= 0.3 is 0 Å². The second-order valence-electron chi connectivity index (χ2n) is 3.94. The molecular weight excluding hydrogens is 262 g/mol. The zero-order valence-electron chi connectivity index (χ0n) is 10.6. The highest BCUT2D eigenvalue weighted by Crippen LogP contribution is 2.11. The molecule has 6 heteroatoms. The summed E-state index contributed by atoms with van der Waals surface area (Å²) in [6, 6.07) is 5.61. The fraction of sp³-hybridized carbons (Fsp3) is 0.308. The summed E-state index contributed by atoms with van der Waals surface area (Å²) >= 11 is 1.50. The van der Waals surface area contributed by atoms with Crippen LogP contribution in [0.25, 0.3) is 0 Å². The second kappa shape index (κ2) is 6.96. The monoisotopic (exact) mass is 277 g/mol. The Bertz CT molecular complexity index is 528. The zero-order chi connectivity index (χ0) is 13.5. The van der Waals surface area contributed by atoms with Crippen molar-refractivity contribution in [3.05, 3.63) is 46.2 Å². The predicted molar refractivity (Wildman–Crippen MR) is 72.6 cm³/mol. The third-order valence-corrected chi connectivity index (χ3v) is 3.27. The van der Waals surface area contributed by atoms with E-state index in [1.54, 1.807) is 13.3 Å². The minimum Gasteiger partial charge on any atom is -0.378 e. The molecule has 0 unspecified atom stereocenters. The first-order valence-electron chi connectivity index (χ1n) is 5.87. The highest BCUT2D eigenvalue weighted by atomic mass is 32.1. The molecule has 0 aliphatic carbocycles. The number of hydrogen-bond acceptors (Lipinski definition) is 5. The standard InChI is InChI=1S/C13H15N3O2S/c1-18-8-13-16-11(9-19-13)6-12(17)15-7-10-4-2-3-5-14-10/h2-5,9H,6-8H2,1H3,(H,15,17). The maximum Gasteiger partial charge on any atom is 0.226 e. The summed E-state index contributed by atoms with van der Waals surface area (Å²) < 4.78 is 4.99. The van der Waals surface area contributed by atoms with E-state index in [1.165, 1.54) is 11.3 Å². The van der Waals surface area contributed by atoms with Crippen molar-refractivity contribution in [1.29, 1.82) is 0 Å². The van der Waals surface area contributed by atoms with Crippen molar-refractivity contribution in [2.45, 2.75) is 19.6 Å². The van der Waals surface area contributed by atoms with Crippen molar-refractivity contribution in [1.82, 2.24) is 15.3 Å². The number of nitrogens with one attached hydrogen (secondary N) is 1. The average Bonchev–Trinajstić information content (AvgIpc) is 2.85. The number of hydrogen-bond donors (Lipinski definition) is 1. The molecular formula is C13H15N3O2S. The molecule has 2 aromatic heterocycles. The topological polar surface area (TPSA) is 64.1 Å². The van der Waals surface area contributed by atoms with E-state index in [1.807, 2.05) is 23.6 Å². The van der Waals surface area contributed by atoms with Gasteiger partial charge in [0.05, 0.1) is 31.0 Å². The third kappa shape index (κ3) is 4.42. The first kappa shape index (κ1) is 13.6. The molecule has 0 atom stereocenters. The van der Waals surface area contributed by atoms with E-state index in [-0.39, 0.29) is 12.3 Å². The van der Waals surface area contributed by atoms with Crippen molar-refractivity contribution in [2.75, 3.05) is 7.11 Å².